The monoisotopic (exact) mass is 291 g/mol. The third-order valence-electron chi connectivity index (χ3n) is 3.61. The van der Waals surface area contributed by atoms with Crippen molar-refractivity contribution in [3.63, 3.8) is 0 Å². The van der Waals surface area contributed by atoms with Crippen LogP contribution < -0.4 is 5.32 Å². The molecule has 0 saturated carbocycles. The van der Waals surface area contributed by atoms with E-state index in [4.69, 9.17) is 0 Å². The summed E-state index contributed by atoms with van der Waals surface area (Å²) in [5.41, 5.74) is 0. The molecule has 19 heavy (non-hydrogen) atoms. The Morgan fingerprint density at radius 2 is 2.11 bits per heavy atom. The van der Waals surface area contributed by atoms with Crippen molar-refractivity contribution >= 4 is 10.0 Å². The van der Waals surface area contributed by atoms with Crippen LogP contribution in [0.15, 0.2) is 0 Å². The van der Waals surface area contributed by atoms with Gasteiger partial charge in [-0.25, -0.2) is 12.7 Å². The van der Waals surface area contributed by atoms with E-state index >= 15 is 0 Å². The van der Waals surface area contributed by atoms with Crippen LogP contribution in [-0.2, 0) is 10.0 Å². The molecule has 1 N–H and O–H groups in total. The fourth-order valence-electron chi connectivity index (χ4n) is 2.45. The Kier molecular flexibility index (Phi) is 6.73. The van der Waals surface area contributed by atoms with Crippen molar-refractivity contribution in [1.82, 2.24) is 14.5 Å². The highest BCUT2D eigenvalue weighted by atomic mass is 32.2. The number of likely N-dealkylation sites (tertiary alicyclic amines) is 1. The maximum absolute atomic E-state index is 12.1. The van der Waals surface area contributed by atoms with E-state index < -0.39 is 10.0 Å². The molecule has 1 saturated heterocycles. The zero-order chi connectivity index (χ0) is 14.5. The van der Waals surface area contributed by atoms with E-state index in [2.05, 4.69) is 31.1 Å². The van der Waals surface area contributed by atoms with Crippen LogP contribution in [0.1, 0.15) is 26.7 Å². The van der Waals surface area contributed by atoms with Crippen molar-refractivity contribution < 1.29 is 8.42 Å². The molecule has 0 bridgehead atoms. The van der Waals surface area contributed by atoms with E-state index in [0.29, 0.717) is 24.9 Å². The first-order chi connectivity index (χ1) is 8.81. The summed E-state index contributed by atoms with van der Waals surface area (Å²) in [7, 11) is 0.713. The second-order valence-electron chi connectivity index (χ2n) is 5.98. The van der Waals surface area contributed by atoms with Crippen molar-refractivity contribution in [2.24, 2.45) is 5.92 Å². The lowest BCUT2D eigenvalue weighted by molar-refractivity contribution is 0.356. The predicted molar refractivity (Wildman–Crippen MR) is 79.8 cm³/mol. The Morgan fingerprint density at radius 3 is 2.63 bits per heavy atom. The minimum absolute atomic E-state index is 0.242. The first-order valence-electron chi connectivity index (χ1n) is 7.17. The Bertz CT molecular complexity index is 357. The quantitative estimate of drug-likeness (QED) is 0.665. The molecule has 114 valence electrons. The van der Waals surface area contributed by atoms with Crippen LogP contribution in [0.4, 0.5) is 0 Å². The smallest absolute Gasteiger partial charge is 0.213 e. The van der Waals surface area contributed by atoms with Crippen LogP contribution in [0.5, 0.6) is 0 Å². The molecule has 0 aromatic carbocycles. The van der Waals surface area contributed by atoms with Gasteiger partial charge in [-0.3, -0.25) is 0 Å². The molecule has 1 unspecified atom stereocenters. The average Bonchev–Trinajstić information content (AvgIpc) is 2.70. The summed E-state index contributed by atoms with van der Waals surface area (Å²) in [6, 6.07) is 0.412. The van der Waals surface area contributed by atoms with Gasteiger partial charge in [-0.15, -0.1) is 0 Å². The molecule has 0 aromatic heterocycles. The van der Waals surface area contributed by atoms with Crippen LogP contribution in [0.25, 0.3) is 0 Å². The molecule has 0 aromatic rings. The van der Waals surface area contributed by atoms with E-state index in [0.717, 1.165) is 26.1 Å². The van der Waals surface area contributed by atoms with E-state index in [1.807, 2.05) is 0 Å². The lowest BCUT2D eigenvalue weighted by Gasteiger charge is -2.21. The lowest BCUT2D eigenvalue weighted by atomic mass is 10.1. The number of nitrogens with zero attached hydrogens (tertiary/aromatic N) is 2. The molecule has 1 heterocycles. The van der Waals surface area contributed by atoms with Gasteiger partial charge in [0, 0.05) is 26.2 Å². The second kappa shape index (κ2) is 7.57. The summed E-state index contributed by atoms with van der Waals surface area (Å²) in [6.45, 7) is 7.64. The van der Waals surface area contributed by atoms with Gasteiger partial charge in [0.1, 0.15) is 0 Å². The van der Waals surface area contributed by atoms with Gasteiger partial charge in [0.15, 0.2) is 0 Å². The van der Waals surface area contributed by atoms with Gasteiger partial charge >= 0.3 is 0 Å². The van der Waals surface area contributed by atoms with Gasteiger partial charge in [-0.05, 0) is 38.9 Å². The van der Waals surface area contributed by atoms with Crippen molar-refractivity contribution in [3.05, 3.63) is 0 Å². The molecule has 6 heteroatoms. The molecule has 0 radical (unpaired) electrons. The maximum atomic E-state index is 12.1. The summed E-state index contributed by atoms with van der Waals surface area (Å²) in [6.07, 6.45) is 1.78. The topological polar surface area (TPSA) is 52.7 Å². The van der Waals surface area contributed by atoms with Gasteiger partial charge in [0.25, 0.3) is 0 Å². The normalized spacial score (nSPS) is 21.7. The standard InChI is InChI=1S/C13H29N3O2S/c1-12(2)14-7-5-9-19(17,18)16(4)11-13-6-8-15(3)10-13/h12-14H,5-11H2,1-4H3. The van der Waals surface area contributed by atoms with E-state index in [1.54, 1.807) is 11.4 Å². The summed E-state index contributed by atoms with van der Waals surface area (Å²) in [5.74, 6) is 0.727. The molecule has 1 atom stereocenters. The molecular formula is C13H29N3O2S. The number of hydrogen-bond donors (Lipinski definition) is 1. The van der Waals surface area contributed by atoms with Crippen LogP contribution in [0.2, 0.25) is 0 Å². The summed E-state index contributed by atoms with van der Waals surface area (Å²) >= 11 is 0. The molecule has 5 nitrogen and oxygen atoms in total. The van der Waals surface area contributed by atoms with Gasteiger partial charge in [0.05, 0.1) is 5.75 Å². The number of rotatable bonds is 8. The molecule has 0 spiro atoms. The summed E-state index contributed by atoms with van der Waals surface area (Å²) in [4.78, 5) is 2.26. The van der Waals surface area contributed by atoms with Crippen LogP contribution >= 0.6 is 0 Å². The molecule has 0 aliphatic carbocycles. The van der Waals surface area contributed by atoms with Gasteiger partial charge in [-0.2, -0.15) is 0 Å². The molecule has 0 amide bonds. The fourth-order valence-corrected chi connectivity index (χ4v) is 3.71. The minimum Gasteiger partial charge on any atom is -0.314 e. The second-order valence-corrected chi connectivity index (χ2v) is 8.17. The highest BCUT2D eigenvalue weighted by molar-refractivity contribution is 7.89. The third kappa shape index (κ3) is 6.21. The first kappa shape index (κ1) is 16.9. The SMILES string of the molecule is CC(C)NCCCS(=O)(=O)N(C)CC1CCN(C)C1. The minimum atomic E-state index is -3.09. The maximum Gasteiger partial charge on any atom is 0.213 e. The Hall–Kier alpha value is -0.170. The Morgan fingerprint density at radius 1 is 1.42 bits per heavy atom. The molecule has 1 rings (SSSR count). The average molecular weight is 291 g/mol. The predicted octanol–water partition coefficient (Wildman–Crippen LogP) is 0.588. The van der Waals surface area contributed by atoms with Crippen molar-refractivity contribution in [3.8, 4) is 0 Å². The van der Waals surface area contributed by atoms with Crippen molar-refractivity contribution in [1.29, 1.82) is 0 Å². The number of sulfonamides is 1. The third-order valence-corrected chi connectivity index (χ3v) is 5.51. The molecule has 1 fully saturated rings. The van der Waals surface area contributed by atoms with E-state index in [1.165, 1.54) is 0 Å². The van der Waals surface area contributed by atoms with Crippen molar-refractivity contribution in [2.75, 3.05) is 46.0 Å². The van der Waals surface area contributed by atoms with E-state index in [-0.39, 0.29) is 5.75 Å². The highest BCUT2D eigenvalue weighted by Gasteiger charge is 2.25. The summed E-state index contributed by atoms with van der Waals surface area (Å²) < 4.78 is 25.8. The Labute approximate surface area is 118 Å². The molecule has 1 aliphatic heterocycles. The van der Waals surface area contributed by atoms with Gasteiger partial charge in [0.2, 0.25) is 10.0 Å². The van der Waals surface area contributed by atoms with Crippen LogP contribution in [-0.4, -0.2) is 69.7 Å². The highest BCUT2D eigenvalue weighted by Crippen LogP contribution is 2.16. The molecule has 1 aliphatic rings. The lowest BCUT2D eigenvalue weighted by Crippen LogP contribution is -2.35. The largest absolute Gasteiger partial charge is 0.314 e. The fraction of sp³-hybridized carbons (Fsp3) is 1.00. The zero-order valence-corrected chi connectivity index (χ0v) is 13.5. The zero-order valence-electron chi connectivity index (χ0n) is 12.7. The van der Waals surface area contributed by atoms with Crippen LogP contribution in [0, 0.1) is 5.92 Å². The molecular weight excluding hydrogens is 262 g/mol. The first-order valence-corrected chi connectivity index (χ1v) is 8.78. The van der Waals surface area contributed by atoms with Crippen molar-refractivity contribution in [2.45, 2.75) is 32.7 Å². The van der Waals surface area contributed by atoms with E-state index in [9.17, 15) is 8.42 Å². The number of nitrogens with one attached hydrogen (secondary N) is 1. The van der Waals surface area contributed by atoms with Gasteiger partial charge in [-0.1, -0.05) is 13.8 Å². The van der Waals surface area contributed by atoms with Gasteiger partial charge < -0.3 is 10.2 Å². The Balaban J connectivity index is 2.30. The van der Waals surface area contributed by atoms with Crippen LogP contribution in [0.3, 0.4) is 0 Å². The summed E-state index contributed by atoms with van der Waals surface area (Å²) in [5, 5.41) is 3.25. The number of hydrogen-bond acceptors (Lipinski definition) is 4.